The fourth-order valence-electron chi connectivity index (χ4n) is 5.35. The first-order valence-corrected chi connectivity index (χ1v) is 9.09. The highest BCUT2D eigenvalue weighted by Crippen LogP contribution is 2.55. The molecule has 3 nitrogen and oxygen atoms in total. The molecule has 4 aliphatic rings. The van der Waals surface area contributed by atoms with Gasteiger partial charge >= 0.3 is 5.97 Å². The Hall–Kier alpha value is -0.830. The molecule has 7 atom stereocenters. The number of hydrogen-bond donors (Lipinski definition) is 0. The Balaban J connectivity index is 1.50. The van der Waals surface area contributed by atoms with Gasteiger partial charge in [0.05, 0.1) is 12.0 Å². The SMILES string of the molecule is CC1CCC(C(C)C)C(OC2OC(=O)C3C4=CCC(C4)C23)C1. The second-order valence-corrected chi connectivity index (χ2v) is 8.34. The number of allylic oxidation sites excluding steroid dienone is 1. The molecule has 0 spiro atoms. The first-order chi connectivity index (χ1) is 10.5. The summed E-state index contributed by atoms with van der Waals surface area (Å²) in [5.74, 6) is 2.80. The third-order valence-corrected chi connectivity index (χ3v) is 6.58. The highest BCUT2D eigenvalue weighted by atomic mass is 16.7. The summed E-state index contributed by atoms with van der Waals surface area (Å²) in [5, 5.41) is 0. The number of ether oxygens (including phenoxy) is 2. The van der Waals surface area contributed by atoms with Crippen LogP contribution in [0.1, 0.15) is 52.9 Å². The lowest BCUT2D eigenvalue weighted by Gasteiger charge is -2.39. The van der Waals surface area contributed by atoms with Crippen LogP contribution in [-0.4, -0.2) is 18.4 Å². The van der Waals surface area contributed by atoms with Crippen LogP contribution in [-0.2, 0) is 14.3 Å². The number of carbonyl (C=O) groups excluding carboxylic acids is 1. The summed E-state index contributed by atoms with van der Waals surface area (Å²) >= 11 is 0. The zero-order chi connectivity index (χ0) is 15.4. The maximum atomic E-state index is 12.2. The monoisotopic (exact) mass is 304 g/mol. The minimum atomic E-state index is -0.287. The van der Waals surface area contributed by atoms with E-state index in [1.165, 1.54) is 18.4 Å². The molecule has 0 radical (unpaired) electrons. The lowest BCUT2D eigenvalue weighted by molar-refractivity contribution is -0.199. The molecule has 4 rings (SSSR count). The van der Waals surface area contributed by atoms with Crippen molar-refractivity contribution in [2.45, 2.75) is 65.3 Å². The second-order valence-electron chi connectivity index (χ2n) is 8.34. The fraction of sp³-hybridized carbons (Fsp3) is 0.842. The topological polar surface area (TPSA) is 35.5 Å². The molecule has 3 fully saturated rings. The summed E-state index contributed by atoms with van der Waals surface area (Å²) in [6.07, 6.45) is 8.09. The summed E-state index contributed by atoms with van der Waals surface area (Å²) in [6.45, 7) is 6.91. The first-order valence-electron chi connectivity index (χ1n) is 9.09. The molecule has 0 aromatic rings. The van der Waals surface area contributed by atoms with Crippen molar-refractivity contribution in [2.24, 2.45) is 35.5 Å². The summed E-state index contributed by atoms with van der Waals surface area (Å²) in [7, 11) is 0. The lowest BCUT2D eigenvalue weighted by atomic mass is 9.75. The Morgan fingerprint density at radius 3 is 2.91 bits per heavy atom. The Bertz CT molecular complexity index is 495. The molecular formula is C19H28O3. The van der Waals surface area contributed by atoms with Gasteiger partial charge in [-0.25, -0.2) is 0 Å². The molecule has 2 saturated carbocycles. The van der Waals surface area contributed by atoms with Gasteiger partial charge in [0.2, 0.25) is 6.29 Å². The Morgan fingerprint density at radius 2 is 2.14 bits per heavy atom. The normalized spacial score (nSPS) is 46.8. The van der Waals surface area contributed by atoms with Crippen molar-refractivity contribution in [1.29, 1.82) is 0 Å². The Morgan fingerprint density at radius 1 is 1.32 bits per heavy atom. The molecular weight excluding hydrogens is 276 g/mol. The number of esters is 1. The number of cyclic esters (lactones) is 1. The van der Waals surface area contributed by atoms with Crippen LogP contribution in [0.15, 0.2) is 11.6 Å². The van der Waals surface area contributed by atoms with Crippen LogP contribution in [0.2, 0.25) is 0 Å². The molecule has 0 N–H and O–H groups in total. The summed E-state index contributed by atoms with van der Waals surface area (Å²) in [4.78, 5) is 12.2. The highest BCUT2D eigenvalue weighted by Gasteiger charge is 2.57. The summed E-state index contributed by atoms with van der Waals surface area (Å²) < 4.78 is 12.1. The number of hydrogen-bond acceptors (Lipinski definition) is 3. The predicted molar refractivity (Wildman–Crippen MR) is 83.9 cm³/mol. The fourth-order valence-corrected chi connectivity index (χ4v) is 5.35. The third kappa shape index (κ3) is 2.24. The van der Waals surface area contributed by atoms with Crippen molar-refractivity contribution in [1.82, 2.24) is 0 Å². The van der Waals surface area contributed by atoms with E-state index in [-0.39, 0.29) is 30.2 Å². The number of fused-ring (bicyclic) bond motifs is 5. The molecule has 0 aromatic carbocycles. The minimum absolute atomic E-state index is 0.0160. The van der Waals surface area contributed by atoms with Gasteiger partial charge in [-0.05, 0) is 49.4 Å². The maximum absolute atomic E-state index is 12.2. The van der Waals surface area contributed by atoms with Crippen LogP contribution in [0.3, 0.4) is 0 Å². The molecule has 1 saturated heterocycles. The van der Waals surface area contributed by atoms with Gasteiger partial charge in [0, 0.05) is 5.92 Å². The third-order valence-electron chi connectivity index (χ3n) is 6.58. The van der Waals surface area contributed by atoms with Gasteiger partial charge in [-0.1, -0.05) is 38.8 Å². The van der Waals surface area contributed by atoms with Crippen LogP contribution >= 0.6 is 0 Å². The predicted octanol–water partition coefficient (Wildman–Crippen LogP) is 3.93. The van der Waals surface area contributed by atoms with Gasteiger partial charge in [0.25, 0.3) is 0 Å². The largest absolute Gasteiger partial charge is 0.435 e. The minimum Gasteiger partial charge on any atom is -0.435 e. The molecule has 0 aromatic heterocycles. The van der Waals surface area contributed by atoms with Crippen LogP contribution in [0.4, 0.5) is 0 Å². The second kappa shape index (κ2) is 5.36. The van der Waals surface area contributed by atoms with Crippen LogP contribution in [0.25, 0.3) is 0 Å². The standard InChI is InChI=1S/C19H28O3/c1-10(2)14-7-4-11(3)8-15(14)21-19-17-13-6-5-12(9-13)16(17)18(20)22-19/h5,10-11,13-17,19H,4,6-9H2,1-3H3. The summed E-state index contributed by atoms with van der Waals surface area (Å²) in [6, 6.07) is 0. The average Bonchev–Trinajstić information content (AvgIpc) is 3.13. The summed E-state index contributed by atoms with van der Waals surface area (Å²) in [5.41, 5.74) is 1.32. The van der Waals surface area contributed by atoms with Gasteiger partial charge in [0.15, 0.2) is 0 Å². The van der Waals surface area contributed by atoms with Crippen LogP contribution in [0.5, 0.6) is 0 Å². The van der Waals surface area contributed by atoms with E-state index in [1.54, 1.807) is 0 Å². The number of rotatable bonds is 3. The Kier molecular flexibility index (Phi) is 3.60. The van der Waals surface area contributed by atoms with E-state index in [4.69, 9.17) is 9.47 Å². The van der Waals surface area contributed by atoms with Gasteiger partial charge in [0.1, 0.15) is 0 Å². The average molecular weight is 304 g/mol. The zero-order valence-corrected chi connectivity index (χ0v) is 14.0. The molecule has 7 unspecified atom stereocenters. The van der Waals surface area contributed by atoms with Crippen LogP contribution in [0, 0.1) is 35.5 Å². The van der Waals surface area contributed by atoms with E-state index < -0.39 is 0 Å². The van der Waals surface area contributed by atoms with E-state index in [9.17, 15) is 4.79 Å². The van der Waals surface area contributed by atoms with Crippen molar-refractivity contribution >= 4 is 5.97 Å². The maximum Gasteiger partial charge on any atom is 0.315 e. The molecule has 3 heteroatoms. The van der Waals surface area contributed by atoms with Gasteiger partial charge in [-0.2, -0.15) is 0 Å². The van der Waals surface area contributed by atoms with Crippen molar-refractivity contribution in [3.05, 3.63) is 11.6 Å². The zero-order valence-electron chi connectivity index (χ0n) is 14.0. The van der Waals surface area contributed by atoms with Crippen molar-refractivity contribution in [2.75, 3.05) is 0 Å². The van der Waals surface area contributed by atoms with Crippen molar-refractivity contribution in [3.63, 3.8) is 0 Å². The highest BCUT2D eigenvalue weighted by molar-refractivity contribution is 5.80. The molecule has 122 valence electrons. The van der Waals surface area contributed by atoms with Crippen molar-refractivity contribution < 1.29 is 14.3 Å². The molecule has 1 heterocycles. The molecule has 3 aliphatic carbocycles. The Labute approximate surface area is 133 Å². The number of carbonyl (C=O) groups is 1. The quantitative estimate of drug-likeness (QED) is 0.585. The van der Waals surface area contributed by atoms with Crippen molar-refractivity contribution in [3.8, 4) is 0 Å². The molecule has 2 bridgehead atoms. The molecule has 0 amide bonds. The van der Waals surface area contributed by atoms with E-state index >= 15 is 0 Å². The van der Waals surface area contributed by atoms with E-state index in [0.29, 0.717) is 17.8 Å². The van der Waals surface area contributed by atoms with E-state index in [2.05, 4.69) is 26.8 Å². The van der Waals surface area contributed by atoms with E-state index in [0.717, 1.165) is 25.2 Å². The smallest absolute Gasteiger partial charge is 0.315 e. The lowest BCUT2D eigenvalue weighted by Crippen LogP contribution is -2.39. The van der Waals surface area contributed by atoms with E-state index in [1.807, 2.05) is 0 Å². The molecule has 1 aliphatic heterocycles. The molecule has 22 heavy (non-hydrogen) atoms. The van der Waals surface area contributed by atoms with Gasteiger partial charge in [-0.3, -0.25) is 4.79 Å². The first kappa shape index (κ1) is 14.7. The van der Waals surface area contributed by atoms with Crippen LogP contribution < -0.4 is 0 Å². The van der Waals surface area contributed by atoms with Gasteiger partial charge < -0.3 is 9.47 Å². The van der Waals surface area contributed by atoms with Gasteiger partial charge in [-0.15, -0.1) is 0 Å².